The first-order valence-corrected chi connectivity index (χ1v) is 10.3. The van der Waals surface area contributed by atoms with Crippen molar-refractivity contribution in [2.45, 2.75) is 26.3 Å². The number of hydrogen-bond acceptors (Lipinski definition) is 4. The maximum Gasteiger partial charge on any atom is 0.258 e. The zero-order valence-corrected chi connectivity index (χ0v) is 17.3. The molecule has 0 bridgehead atoms. The van der Waals surface area contributed by atoms with Crippen LogP contribution in [0.2, 0.25) is 0 Å². The minimum atomic E-state index is -0.359. The van der Waals surface area contributed by atoms with E-state index in [0.29, 0.717) is 12.1 Å². The molecule has 5 aromatic rings. The summed E-state index contributed by atoms with van der Waals surface area (Å²) in [4.78, 5) is 23.4. The minimum Gasteiger partial charge on any atom is -0.348 e. The second kappa shape index (κ2) is 6.53. The van der Waals surface area contributed by atoms with Crippen LogP contribution in [0.25, 0.3) is 11.0 Å². The van der Waals surface area contributed by atoms with Crippen LogP contribution in [0, 0.1) is 13.8 Å². The summed E-state index contributed by atoms with van der Waals surface area (Å²) in [7, 11) is 0. The lowest BCUT2D eigenvalue weighted by atomic mass is 9.98. The van der Waals surface area contributed by atoms with Gasteiger partial charge in [0.05, 0.1) is 40.5 Å². The fourth-order valence-corrected chi connectivity index (χ4v) is 4.51. The molecule has 6 rings (SSSR count). The zero-order valence-electron chi connectivity index (χ0n) is 17.3. The van der Waals surface area contributed by atoms with Gasteiger partial charge < -0.3 is 9.88 Å². The number of rotatable bonds is 2. The Balaban J connectivity index is 1.49. The first-order valence-electron chi connectivity index (χ1n) is 10.3. The summed E-state index contributed by atoms with van der Waals surface area (Å²) in [6.07, 6.45) is 7.94. The fraction of sp³-hybridized carbons (Fsp3) is 0.217. The summed E-state index contributed by atoms with van der Waals surface area (Å²) in [6, 6.07) is 9.68. The number of pyridine rings is 2. The van der Waals surface area contributed by atoms with Gasteiger partial charge in [-0.05, 0) is 43.2 Å². The van der Waals surface area contributed by atoms with Gasteiger partial charge in [-0.1, -0.05) is 12.1 Å². The van der Waals surface area contributed by atoms with Crippen molar-refractivity contribution in [3.05, 3.63) is 89.0 Å². The monoisotopic (exact) mass is 411 g/mol. The van der Waals surface area contributed by atoms with E-state index in [2.05, 4.69) is 34.1 Å². The van der Waals surface area contributed by atoms with E-state index in [9.17, 15) is 4.79 Å². The average molecular weight is 411 g/mol. The van der Waals surface area contributed by atoms with Crippen molar-refractivity contribution >= 4 is 16.9 Å². The molecule has 5 aromatic heterocycles. The molecular weight excluding hydrogens is 390 g/mol. The number of nitrogens with one attached hydrogen (secondary N) is 1. The average Bonchev–Trinajstić information content (AvgIpc) is 3.50. The molecule has 0 saturated heterocycles. The molecule has 8 nitrogen and oxygen atoms in total. The molecule has 0 aromatic carbocycles. The molecule has 154 valence electrons. The maximum atomic E-state index is 13.8. The molecule has 0 saturated carbocycles. The Morgan fingerprint density at radius 1 is 1.16 bits per heavy atom. The van der Waals surface area contributed by atoms with Gasteiger partial charge in [0.25, 0.3) is 5.91 Å². The van der Waals surface area contributed by atoms with Crippen LogP contribution < -0.4 is 0 Å². The SMILES string of the molecule is Cc1ccc2c(C(=O)N3CCc4[nH]cnc4[C@H]3c3cc4c(C)cccn4n3)cnn2c1. The number of imidazole rings is 1. The van der Waals surface area contributed by atoms with E-state index in [0.717, 1.165) is 45.7 Å². The first-order chi connectivity index (χ1) is 15.1. The topological polar surface area (TPSA) is 83.6 Å². The molecule has 8 heteroatoms. The number of aromatic amines is 1. The van der Waals surface area contributed by atoms with Crippen molar-refractivity contribution in [3.8, 4) is 0 Å². The predicted octanol–water partition coefficient (Wildman–Crippen LogP) is 3.11. The van der Waals surface area contributed by atoms with Crippen LogP contribution >= 0.6 is 0 Å². The molecule has 1 N–H and O–H groups in total. The third-order valence-corrected chi connectivity index (χ3v) is 6.09. The summed E-state index contributed by atoms with van der Waals surface area (Å²) in [5.41, 5.74) is 7.35. The van der Waals surface area contributed by atoms with E-state index in [-0.39, 0.29) is 11.9 Å². The van der Waals surface area contributed by atoms with E-state index in [1.54, 1.807) is 17.0 Å². The van der Waals surface area contributed by atoms with Gasteiger partial charge in [-0.25, -0.2) is 14.0 Å². The zero-order chi connectivity index (χ0) is 21.1. The van der Waals surface area contributed by atoms with Crippen molar-refractivity contribution in [2.75, 3.05) is 6.54 Å². The highest BCUT2D eigenvalue weighted by atomic mass is 16.2. The number of carbonyl (C=O) groups is 1. The molecule has 1 atom stereocenters. The number of nitrogens with zero attached hydrogens (tertiary/aromatic N) is 6. The Kier molecular flexibility index (Phi) is 3.77. The number of aryl methyl sites for hydroxylation is 2. The highest BCUT2D eigenvalue weighted by molar-refractivity contribution is 6.01. The lowest BCUT2D eigenvalue weighted by Crippen LogP contribution is -2.41. The molecular formula is C23H21N7O. The van der Waals surface area contributed by atoms with E-state index in [1.807, 2.05) is 46.9 Å². The Morgan fingerprint density at radius 2 is 2.06 bits per heavy atom. The van der Waals surface area contributed by atoms with E-state index < -0.39 is 0 Å². The van der Waals surface area contributed by atoms with Gasteiger partial charge >= 0.3 is 0 Å². The molecule has 31 heavy (non-hydrogen) atoms. The summed E-state index contributed by atoms with van der Waals surface area (Å²) in [5.74, 6) is -0.0636. The van der Waals surface area contributed by atoms with Gasteiger partial charge in [0.1, 0.15) is 6.04 Å². The summed E-state index contributed by atoms with van der Waals surface area (Å²) >= 11 is 0. The van der Waals surface area contributed by atoms with Crippen LogP contribution in [0.4, 0.5) is 0 Å². The van der Waals surface area contributed by atoms with Crippen LogP contribution in [0.15, 0.2) is 55.2 Å². The molecule has 0 radical (unpaired) electrons. The van der Waals surface area contributed by atoms with E-state index in [4.69, 9.17) is 5.10 Å². The third kappa shape index (κ3) is 2.68. The van der Waals surface area contributed by atoms with E-state index >= 15 is 0 Å². The summed E-state index contributed by atoms with van der Waals surface area (Å²) in [5, 5.41) is 9.21. The first kappa shape index (κ1) is 17.9. The smallest absolute Gasteiger partial charge is 0.258 e. The molecule has 0 unspecified atom stereocenters. The van der Waals surface area contributed by atoms with Gasteiger partial charge in [-0.3, -0.25) is 4.79 Å². The Morgan fingerprint density at radius 3 is 2.94 bits per heavy atom. The van der Waals surface area contributed by atoms with Gasteiger partial charge in [0, 0.05) is 31.1 Å². The summed E-state index contributed by atoms with van der Waals surface area (Å²) in [6.45, 7) is 4.65. The van der Waals surface area contributed by atoms with Crippen molar-refractivity contribution in [3.63, 3.8) is 0 Å². The van der Waals surface area contributed by atoms with Crippen molar-refractivity contribution in [1.82, 2.24) is 34.1 Å². The number of amides is 1. The van der Waals surface area contributed by atoms with Gasteiger partial charge in [0.15, 0.2) is 0 Å². The van der Waals surface area contributed by atoms with E-state index in [1.165, 1.54) is 0 Å². The second-order valence-electron chi connectivity index (χ2n) is 8.10. The lowest BCUT2D eigenvalue weighted by molar-refractivity contribution is 0.0689. The minimum absolute atomic E-state index is 0.0636. The van der Waals surface area contributed by atoms with Crippen molar-refractivity contribution in [2.24, 2.45) is 0 Å². The quantitative estimate of drug-likeness (QED) is 0.484. The predicted molar refractivity (Wildman–Crippen MR) is 115 cm³/mol. The number of hydrogen-bond donors (Lipinski definition) is 1. The van der Waals surface area contributed by atoms with Crippen LogP contribution in [0.3, 0.4) is 0 Å². The molecule has 0 spiro atoms. The second-order valence-corrected chi connectivity index (χ2v) is 8.10. The highest BCUT2D eigenvalue weighted by Crippen LogP contribution is 2.35. The normalized spacial score (nSPS) is 16.2. The number of carbonyl (C=O) groups excluding carboxylic acids is 1. The molecule has 1 amide bonds. The fourth-order valence-electron chi connectivity index (χ4n) is 4.51. The number of H-pyrrole nitrogens is 1. The third-order valence-electron chi connectivity index (χ3n) is 6.09. The highest BCUT2D eigenvalue weighted by Gasteiger charge is 2.37. The summed E-state index contributed by atoms with van der Waals surface area (Å²) < 4.78 is 3.63. The Hall–Kier alpha value is -3.94. The molecule has 1 aliphatic heterocycles. The van der Waals surface area contributed by atoms with Gasteiger partial charge in [-0.2, -0.15) is 10.2 Å². The van der Waals surface area contributed by atoms with Crippen LogP contribution in [0.5, 0.6) is 0 Å². The van der Waals surface area contributed by atoms with Crippen molar-refractivity contribution in [1.29, 1.82) is 0 Å². The van der Waals surface area contributed by atoms with Gasteiger partial charge in [0.2, 0.25) is 0 Å². The Labute approximate surface area is 178 Å². The number of aromatic nitrogens is 6. The standard InChI is InChI=1S/C23H21N7O/c1-14-5-6-19-16(11-26-30(19)12-14)23(31)28-9-7-17-21(25-13-24-17)22(28)18-10-20-15(2)4-3-8-29(20)27-18/h3-6,8,10-13,22H,7,9H2,1-2H3,(H,24,25)/t22-/m1/s1. The van der Waals surface area contributed by atoms with Gasteiger partial charge in [-0.15, -0.1) is 0 Å². The van der Waals surface area contributed by atoms with Crippen LogP contribution in [0.1, 0.15) is 44.6 Å². The lowest BCUT2D eigenvalue weighted by Gasteiger charge is -2.33. The van der Waals surface area contributed by atoms with Crippen molar-refractivity contribution < 1.29 is 4.79 Å². The molecule has 6 heterocycles. The molecule has 1 aliphatic rings. The molecule has 0 aliphatic carbocycles. The molecule has 0 fully saturated rings. The van der Waals surface area contributed by atoms with Crippen LogP contribution in [-0.4, -0.2) is 46.5 Å². The Bertz CT molecular complexity index is 1460. The maximum absolute atomic E-state index is 13.8. The largest absolute Gasteiger partial charge is 0.348 e. The van der Waals surface area contributed by atoms with Crippen LogP contribution in [-0.2, 0) is 6.42 Å². The number of fused-ring (bicyclic) bond motifs is 3.